The number of hydrogen-bond acceptors (Lipinski definition) is 3. The fourth-order valence-electron chi connectivity index (χ4n) is 2.57. The molecule has 0 amide bonds. The SMILES string of the molecule is CNC(c1ccncc1Cl)c1cccc2c1OCC2. The van der Waals surface area contributed by atoms with E-state index in [4.69, 9.17) is 16.3 Å². The highest BCUT2D eigenvalue weighted by Crippen LogP contribution is 2.37. The second-order valence-electron chi connectivity index (χ2n) is 4.55. The lowest BCUT2D eigenvalue weighted by Gasteiger charge is -2.20. The lowest BCUT2D eigenvalue weighted by molar-refractivity contribution is 0.351. The smallest absolute Gasteiger partial charge is 0.127 e. The second-order valence-corrected chi connectivity index (χ2v) is 4.96. The average molecular weight is 275 g/mol. The number of aromatic nitrogens is 1. The number of ether oxygens (including phenoxy) is 1. The van der Waals surface area contributed by atoms with Crippen LogP contribution in [0.1, 0.15) is 22.7 Å². The topological polar surface area (TPSA) is 34.2 Å². The molecule has 0 radical (unpaired) electrons. The molecule has 19 heavy (non-hydrogen) atoms. The average Bonchev–Trinajstić information content (AvgIpc) is 2.91. The Morgan fingerprint density at radius 1 is 1.32 bits per heavy atom. The van der Waals surface area contributed by atoms with Gasteiger partial charge in [0.1, 0.15) is 5.75 Å². The maximum absolute atomic E-state index is 6.26. The Labute approximate surface area is 117 Å². The number of fused-ring (bicyclic) bond motifs is 1. The zero-order valence-corrected chi connectivity index (χ0v) is 11.4. The molecule has 1 atom stereocenters. The van der Waals surface area contributed by atoms with Crippen LogP contribution in [0.3, 0.4) is 0 Å². The third-order valence-electron chi connectivity index (χ3n) is 3.46. The molecule has 0 saturated carbocycles. The van der Waals surface area contributed by atoms with E-state index in [1.807, 2.05) is 13.1 Å². The van der Waals surface area contributed by atoms with Crippen molar-refractivity contribution in [3.63, 3.8) is 0 Å². The van der Waals surface area contributed by atoms with E-state index >= 15 is 0 Å². The summed E-state index contributed by atoms with van der Waals surface area (Å²) in [5.74, 6) is 0.995. The first kappa shape index (κ1) is 12.5. The van der Waals surface area contributed by atoms with Gasteiger partial charge in [-0.1, -0.05) is 29.8 Å². The van der Waals surface area contributed by atoms with Crippen LogP contribution in [0.2, 0.25) is 5.02 Å². The fourth-order valence-corrected chi connectivity index (χ4v) is 2.80. The Balaban J connectivity index is 2.09. The van der Waals surface area contributed by atoms with Gasteiger partial charge in [-0.05, 0) is 24.2 Å². The van der Waals surface area contributed by atoms with Crippen molar-refractivity contribution in [1.29, 1.82) is 0 Å². The van der Waals surface area contributed by atoms with E-state index in [0.29, 0.717) is 5.02 Å². The molecule has 1 aliphatic heterocycles. The van der Waals surface area contributed by atoms with Gasteiger partial charge in [-0.15, -0.1) is 0 Å². The number of nitrogens with one attached hydrogen (secondary N) is 1. The Bertz CT molecular complexity index is 600. The van der Waals surface area contributed by atoms with Crippen LogP contribution < -0.4 is 10.1 Å². The summed E-state index contributed by atoms with van der Waals surface area (Å²) in [4.78, 5) is 4.04. The van der Waals surface area contributed by atoms with Crippen molar-refractivity contribution in [3.8, 4) is 5.75 Å². The summed E-state index contributed by atoms with van der Waals surface area (Å²) in [6.07, 6.45) is 4.41. The fraction of sp³-hybridized carbons (Fsp3) is 0.267. The standard InChI is InChI=1S/C15H15ClN2O/c1-17-14(11-5-7-18-9-13(11)16)12-4-2-3-10-6-8-19-15(10)12/h2-5,7,9,14,17H,6,8H2,1H3. The van der Waals surface area contributed by atoms with Crippen molar-refractivity contribution >= 4 is 11.6 Å². The molecular weight excluding hydrogens is 260 g/mol. The molecule has 2 heterocycles. The second kappa shape index (κ2) is 5.19. The number of rotatable bonds is 3. The van der Waals surface area contributed by atoms with Crippen molar-refractivity contribution < 1.29 is 4.74 Å². The van der Waals surface area contributed by atoms with Gasteiger partial charge < -0.3 is 10.1 Å². The third-order valence-corrected chi connectivity index (χ3v) is 3.78. The molecule has 0 fully saturated rings. The molecule has 1 aromatic carbocycles. The zero-order valence-electron chi connectivity index (χ0n) is 10.7. The largest absolute Gasteiger partial charge is 0.493 e. The van der Waals surface area contributed by atoms with Crippen molar-refractivity contribution in [2.75, 3.05) is 13.7 Å². The van der Waals surface area contributed by atoms with E-state index < -0.39 is 0 Å². The minimum absolute atomic E-state index is 0.0172. The third kappa shape index (κ3) is 2.20. The van der Waals surface area contributed by atoms with Gasteiger partial charge >= 0.3 is 0 Å². The van der Waals surface area contributed by atoms with Crippen LogP contribution in [0.25, 0.3) is 0 Å². The molecule has 1 unspecified atom stereocenters. The van der Waals surface area contributed by atoms with Crippen LogP contribution in [0, 0.1) is 0 Å². The minimum atomic E-state index is 0.0172. The van der Waals surface area contributed by atoms with Crippen molar-refractivity contribution in [2.24, 2.45) is 0 Å². The predicted molar refractivity (Wildman–Crippen MR) is 75.8 cm³/mol. The molecule has 1 N–H and O–H groups in total. The van der Waals surface area contributed by atoms with E-state index in [0.717, 1.165) is 29.9 Å². The number of nitrogens with zero attached hydrogens (tertiary/aromatic N) is 1. The molecule has 4 heteroatoms. The van der Waals surface area contributed by atoms with Crippen molar-refractivity contribution in [1.82, 2.24) is 10.3 Å². The molecule has 1 aliphatic rings. The van der Waals surface area contributed by atoms with Gasteiger partial charge in [-0.2, -0.15) is 0 Å². The number of benzene rings is 1. The highest BCUT2D eigenvalue weighted by Gasteiger charge is 2.23. The number of hydrogen-bond donors (Lipinski definition) is 1. The van der Waals surface area contributed by atoms with Gasteiger partial charge in [0.2, 0.25) is 0 Å². The van der Waals surface area contributed by atoms with Crippen molar-refractivity contribution in [2.45, 2.75) is 12.5 Å². The molecule has 3 rings (SSSR count). The summed E-state index contributed by atoms with van der Waals surface area (Å²) in [5, 5.41) is 3.98. The van der Waals surface area contributed by atoms with Crippen LogP contribution in [-0.2, 0) is 6.42 Å². The number of para-hydroxylation sites is 1. The summed E-state index contributed by atoms with van der Waals surface area (Å²) in [5.41, 5.74) is 3.41. The lowest BCUT2D eigenvalue weighted by Crippen LogP contribution is -2.18. The first-order valence-electron chi connectivity index (χ1n) is 6.32. The minimum Gasteiger partial charge on any atom is -0.493 e. The van der Waals surface area contributed by atoms with Crippen LogP contribution in [-0.4, -0.2) is 18.6 Å². The lowest BCUT2D eigenvalue weighted by atomic mass is 9.96. The molecule has 0 saturated heterocycles. The summed E-state index contributed by atoms with van der Waals surface area (Å²) >= 11 is 6.26. The predicted octanol–water partition coefficient (Wildman–Crippen LogP) is 2.98. The van der Waals surface area contributed by atoms with Gasteiger partial charge in [0.25, 0.3) is 0 Å². The van der Waals surface area contributed by atoms with Crippen LogP contribution in [0.4, 0.5) is 0 Å². The molecule has 0 spiro atoms. The Morgan fingerprint density at radius 2 is 2.21 bits per heavy atom. The van der Waals surface area contributed by atoms with Gasteiger partial charge in [-0.3, -0.25) is 4.98 Å². The molecule has 3 nitrogen and oxygen atoms in total. The van der Waals surface area contributed by atoms with Gasteiger partial charge in [0.05, 0.1) is 17.7 Å². The van der Waals surface area contributed by atoms with E-state index in [9.17, 15) is 0 Å². The summed E-state index contributed by atoms with van der Waals surface area (Å²) < 4.78 is 5.78. The molecule has 1 aromatic heterocycles. The summed E-state index contributed by atoms with van der Waals surface area (Å²) in [6, 6.07) is 8.23. The van der Waals surface area contributed by atoms with Gasteiger partial charge in [0.15, 0.2) is 0 Å². The highest BCUT2D eigenvalue weighted by molar-refractivity contribution is 6.31. The summed E-state index contributed by atoms with van der Waals surface area (Å²) in [7, 11) is 1.93. The van der Waals surface area contributed by atoms with Gasteiger partial charge in [-0.25, -0.2) is 0 Å². The first-order chi connectivity index (χ1) is 9.31. The van der Waals surface area contributed by atoms with Gasteiger partial charge in [0, 0.05) is 24.4 Å². The zero-order chi connectivity index (χ0) is 13.2. The van der Waals surface area contributed by atoms with E-state index in [1.165, 1.54) is 5.56 Å². The molecule has 0 aliphatic carbocycles. The Hall–Kier alpha value is -1.58. The van der Waals surface area contributed by atoms with Crippen LogP contribution in [0.15, 0.2) is 36.7 Å². The summed E-state index contributed by atoms with van der Waals surface area (Å²) in [6.45, 7) is 0.757. The molecular formula is C15H15ClN2O. The van der Waals surface area contributed by atoms with Crippen molar-refractivity contribution in [3.05, 3.63) is 58.4 Å². The molecule has 2 aromatic rings. The van der Waals surface area contributed by atoms with E-state index in [2.05, 4.69) is 28.5 Å². The van der Waals surface area contributed by atoms with E-state index in [1.54, 1.807) is 12.4 Å². The highest BCUT2D eigenvalue weighted by atomic mass is 35.5. The molecule has 0 bridgehead atoms. The van der Waals surface area contributed by atoms with Crippen LogP contribution in [0.5, 0.6) is 5.75 Å². The monoisotopic (exact) mass is 274 g/mol. The van der Waals surface area contributed by atoms with E-state index in [-0.39, 0.29) is 6.04 Å². The maximum Gasteiger partial charge on any atom is 0.127 e. The first-order valence-corrected chi connectivity index (χ1v) is 6.70. The quantitative estimate of drug-likeness (QED) is 0.934. The van der Waals surface area contributed by atoms with Crippen LogP contribution >= 0.6 is 11.6 Å². The number of pyridine rings is 1. The Morgan fingerprint density at radius 3 is 3.00 bits per heavy atom. The maximum atomic E-state index is 6.26. The number of halogens is 1. The normalized spacial score (nSPS) is 14.8. The Kier molecular flexibility index (Phi) is 3.40. The molecule has 98 valence electrons.